The van der Waals surface area contributed by atoms with Crippen molar-refractivity contribution in [1.82, 2.24) is 0 Å². The normalized spacial score (nSPS) is 15.2. The summed E-state index contributed by atoms with van der Waals surface area (Å²) in [6, 6.07) is 16.4. The summed E-state index contributed by atoms with van der Waals surface area (Å²) in [5.41, 5.74) is 2.79. The summed E-state index contributed by atoms with van der Waals surface area (Å²) in [5.74, 6) is 0.723. The molecule has 0 unspecified atom stereocenters. The molecule has 0 radical (unpaired) electrons. The predicted molar refractivity (Wildman–Crippen MR) is 121 cm³/mol. The van der Waals surface area contributed by atoms with Crippen molar-refractivity contribution in [3.05, 3.63) is 76.2 Å². The average Bonchev–Trinajstić information content (AvgIpc) is 3.11. The van der Waals surface area contributed by atoms with Gasteiger partial charge in [0.05, 0.1) is 18.4 Å². The minimum Gasteiger partial charge on any atom is -0.495 e. The van der Waals surface area contributed by atoms with Gasteiger partial charge in [-0.1, -0.05) is 37.3 Å². The molecule has 1 heterocycles. The molecule has 4 rings (SSSR count). The summed E-state index contributed by atoms with van der Waals surface area (Å²) in [6.45, 7) is 2.22. The van der Waals surface area contributed by atoms with E-state index in [1.54, 1.807) is 31.4 Å². The quantitative estimate of drug-likeness (QED) is 0.582. The lowest BCUT2D eigenvalue weighted by Gasteiger charge is -2.19. The second-order valence-corrected chi connectivity index (χ2v) is 8.64. The Labute approximate surface area is 180 Å². The summed E-state index contributed by atoms with van der Waals surface area (Å²) in [7, 11) is 1.57. The molecular formula is C24H24N2O3S. The molecule has 0 aliphatic heterocycles. The van der Waals surface area contributed by atoms with Gasteiger partial charge in [-0.05, 0) is 55.0 Å². The van der Waals surface area contributed by atoms with Crippen LogP contribution in [0, 0.1) is 5.92 Å². The fourth-order valence-electron chi connectivity index (χ4n) is 3.78. The van der Waals surface area contributed by atoms with Crippen LogP contribution in [0.2, 0.25) is 0 Å². The first-order chi connectivity index (χ1) is 14.6. The lowest BCUT2D eigenvalue weighted by Crippen LogP contribution is -2.19. The Balaban J connectivity index is 1.68. The number of amides is 2. The molecule has 1 atom stereocenters. The standard InChI is InChI=1S/C24H24N2O3S/c1-15-12-13-17-20(14-15)30-24(26-22(27)16-8-4-3-5-9-16)21(17)23(28)25-18-10-6-7-11-19(18)29-2/h3-11,15H,12-14H2,1-2H3,(H,25,28)(H,26,27)/t15-/m0/s1. The Bertz CT molecular complexity index is 1080. The molecule has 0 spiro atoms. The van der Waals surface area contributed by atoms with Gasteiger partial charge in [-0.3, -0.25) is 9.59 Å². The number of hydrogen-bond donors (Lipinski definition) is 2. The predicted octanol–water partition coefficient (Wildman–Crippen LogP) is 5.39. The van der Waals surface area contributed by atoms with Gasteiger partial charge in [0.15, 0.2) is 0 Å². The zero-order valence-electron chi connectivity index (χ0n) is 17.0. The smallest absolute Gasteiger partial charge is 0.259 e. The minimum absolute atomic E-state index is 0.214. The van der Waals surface area contributed by atoms with Crippen LogP contribution in [0.4, 0.5) is 10.7 Å². The molecule has 30 heavy (non-hydrogen) atoms. The number of carbonyl (C=O) groups is 2. The first kappa shape index (κ1) is 20.2. The number of hydrogen-bond acceptors (Lipinski definition) is 4. The monoisotopic (exact) mass is 420 g/mol. The van der Waals surface area contributed by atoms with Crippen LogP contribution in [-0.2, 0) is 12.8 Å². The summed E-state index contributed by atoms with van der Waals surface area (Å²) in [6.07, 6.45) is 2.80. The Hall–Kier alpha value is -3.12. The molecule has 154 valence electrons. The van der Waals surface area contributed by atoms with Crippen LogP contribution in [0.15, 0.2) is 54.6 Å². The molecular weight excluding hydrogens is 396 g/mol. The van der Waals surface area contributed by atoms with Gasteiger partial charge >= 0.3 is 0 Å². The zero-order valence-corrected chi connectivity index (χ0v) is 17.8. The highest BCUT2D eigenvalue weighted by Crippen LogP contribution is 2.40. The molecule has 2 aromatic carbocycles. The molecule has 1 aromatic heterocycles. The van der Waals surface area contributed by atoms with Crippen molar-refractivity contribution < 1.29 is 14.3 Å². The summed E-state index contributed by atoms with van der Waals surface area (Å²) in [5, 5.41) is 6.56. The lowest BCUT2D eigenvalue weighted by molar-refractivity contribution is 0.102. The topological polar surface area (TPSA) is 67.4 Å². The van der Waals surface area contributed by atoms with Crippen LogP contribution in [0.3, 0.4) is 0 Å². The number of rotatable bonds is 5. The Morgan fingerprint density at radius 3 is 2.50 bits per heavy atom. The second-order valence-electron chi connectivity index (χ2n) is 7.53. The number of benzene rings is 2. The van der Waals surface area contributed by atoms with Crippen LogP contribution in [0.1, 0.15) is 44.5 Å². The molecule has 2 amide bonds. The summed E-state index contributed by atoms with van der Waals surface area (Å²) >= 11 is 1.51. The van der Waals surface area contributed by atoms with E-state index >= 15 is 0 Å². The molecule has 0 saturated heterocycles. The van der Waals surface area contributed by atoms with Gasteiger partial charge in [0, 0.05) is 10.4 Å². The van der Waals surface area contributed by atoms with E-state index in [4.69, 9.17) is 4.74 Å². The molecule has 0 bridgehead atoms. The van der Waals surface area contributed by atoms with E-state index in [0.29, 0.717) is 33.5 Å². The van der Waals surface area contributed by atoms with E-state index in [1.807, 2.05) is 30.3 Å². The van der Waals surface area contributed by atoms with Crippen LogP contribution >= 0.6 is 11.3 Å². The third-order valence-electron chi connectivity index (χ3n) is 5.36. The molecule has 1 aliphatic rings. The molecule has 0 saturated carbocycles. The number of carbonyl (C=O) groups excluding carboxylic acids is 2. The second kappa shape index (κ2) is 8.71. The number of nitrogens with one attached hydrogen (secondary N) is 2. The van der Waals surface area contributed by atoms with Crippen LogP contribution < -0.4 is 15.4 Å². The number of methoxy groups -OCH3 is 1. The molecule has 5 nitrogen and oxygen atoms in total. The maximum absolute atomic E-state index is 13.3. The van der Waals surface area contributed by atoms with Crippen LogP contribution in [-0.4, -0.2) is 18.9 Å². The molecule has 1 aliphatic carbocycles. The van der Waals surface area contributed by atoms with E-state index in [1.165, 1.54) is 16.2 Å². The maximum Gasteiger partial charge on any atom is 0.259 e. The van der Waals surface area contributed by atoms with Gasteiger partial charge in [0.25, 0.3) is 11.8 Å². The number of ether oxygens (including phenoxy) is 1. The number of anilines is 2. The maximum atomic E-state index is 13.3. The Morgan fingerprint density at radius 2 is 1.73 bits per heavy atom. The van der Waals surface area contributed by atoms with Crippen molar-refractivity contribution in [3.63, 3.8) is 0 Å². The van der Waals surface area contributed by atoms with Gasteiger partial charge in [-0.15, -0.1) is 11.3 Å². The Morgan fingerprint density at radius 1 is 1.00 bits per heavy atom. The van der Waals surface area contributed by atoms with Gasteiger partial charge in [-0.25, -0.2) is 0 Å². The average molecular weight is 421 g/mol. The van der Waals surface area contributed by atoms with Gasteiger partial charge < -0.3 is 15.4 Å². The molecule has 2 N–H and O–H groups in total. The van der Waals surface area contributed by atoms with Gasteiger partial charge in [0.2, 0.25) is 0 Å². The van der Waals surface area contributed by atoms with Gasteiger partial charge in [0.1, 0.15) is 10.8 Å². The summed E-state index contributed by atoms with van der Waals surface area (Å²) < 4.78 is 5.36. The van der Waals surface area contributed by atoms with E-state index in [0.717, 1.165) is 24.8 Å². The highest BCUT2D eigenvalue weighted by molar-refractivity contribution is 7.17. The highest BCUT2D eigenvalue weighted by atomic mass is 32.1. The third kappa shape index (κ3) is 4.09. The van der Waals surface area contributed by atoms with Crippen LogP contribution in [0.25, 0.3) is 0 Å². The largest absolute Gasteiger partial charge is 0.495 e. The fraction of sp³-hybridized carbons (Fsp3) is 0.250. The van der Waals surface area contributed by atoms with Gasteiger partial charge in [-0.2, -0.15) is 0 Å². The van der Waals surface area contributed by atoms with E-state index in [9.17, 15) is 9.59 Å². The number of thiophene rings is 1. The fourth-order valence-corrected chi connectivity index (χ4v) is 5.18. The SMILES string of the molecule is COc1ccccc1NC(=O)c1c(NC(=O)c2ccccc2)sc2c1CC[C@H](C)C2. The van der Waals surface area contributed by atoms with Crippen molar-refractivity contribution in [2.24, 2.45) is 5.92 Å². The number of para-hydroxylation sites is 2. The zero-order chi connectivity index (χ0) is 21.1. The van der Waals surface area contributed by atoms with E-state index in [-0.39, 0.29) is 11.8 Å². The van der Waals surface area contributed by atoms with Crippen LogP contribution in [0.5, 0.6) is 5.75 Å². The van der Waals surface area contributed by atoms with Crippen molar-refractivity contribution >= 4 is 33.8 Å². The molecule has 3 aromatic rings. The Kier molecular flexibility index (Phi) is 5.86. The molecule has 6 heteroatoms. The van der Waals surface area contributed by atoms with Crippen molar-refractivity contribution in [3.8, 4) is 5.75 Å². The summed E-state index contributed by atoms with van der Waals surface area (Å²) in [4.78, 5) is 27.3. The number of fused-ring (bicyclic) bond motifs is 1. The highest BCUT2D eigenvalue weighted by Gasteiger charge is 2.29. The molecule has 0 fully saturated rings. The lowest BCUT2D eigenvalue weighted by atomic mass is 9.88. The van der Waals surface area contributed by atoms with Crippen molar-refractivity contribution in [1.29, 1.82) is 0 Å². The first-order valence-electron chi connectivity index (χ1n) is 10.0. The van der Waals surface area contributed by atoms with E-state index in [2.05, 4.69) is 17.6 Å². The first-order valence-corrected chi connectivity index (χ1v) is 10.8. The van der Waals surface area contributed by atoms with Crippen molar-refractivity contribution in [2.45, 2.75) is 26.2 Å². The third-order valence-corrected chi connectivity index (χ3v) is 6.53. The van der Waals surface area contributed by atoms with E-state index < -0.39 is 0 Å². The minimum atomic E-state index is -0.227. The van der Waals surface area contributed by atoms with Crippen molar-refractivity contribution in [2.75, 3.05) is 17.7 Å².